The van der Waals surface area contributed by atoms with Crippen molar-refractivity contribution in [2.45, 2.75) is 18.6 Å². The average molecular weight is 252 g/mol. The van der Waals surface area contributed by atoms with Crippen molar-refractivity contribution in [1.29, 1.82) is 0 Å². The first kappa shape index (κ1) is 12.9. The highest BCUT2D eigenvalue weighted by atomic mass is 19.3. The van der Waals surface area contributed by atoms with E-state index in [0.717, 1.165) is 0 Å². The molecule has 0 spiro atoms. The molecule has 0 aromatic heterocycles. The van der Waals surface area contributed by atoms with E-state index >= 15 is 0 Å². The van der Waals surface area contributed by atoms with Crippen molar-refractivity contribution in [3.63, 3.8) is 0 Å². The number of carbonyl (C=O) groups excluding carboxylic acids is 1. The quantitative estimate of drug-likeness (QED) is 0.484. The number of carbonyl (C=O) groups is 1. The van der Waals surface area contributed by atoms with E-state index in [4.69, 9.17) is 0 Å². The SMILES string of the molecule is FC1COCO1.O=C1OC(F)(F)C(F)(F)O1. The fraction of sp³-hybridized carbons (Fsp3) is 0.833. The van der Waals surface area contributed by atoms with Crippen molar-refractivity contribution in [1.82, 2.24) is 0 Å². The lowest BCUT2D eigenvalue weighted by molar-refractivity contribution is -0.344. The van der Waals surface area contributed by atoms with E-state index in [9.17, 15) is 26.7 Å². The number of hydrogen-bond acceptors (Lipinski definition) is 5. The molecule has 2 aliphatic heterocycles. The molecule has 2 fully saturated rings. The number of hydrogen-bond donors (Lipinski definition) is 0. The molecule has 16 heavy (non-hydrogen) atoms. The number of alkyl halides is 5. The van der Waals surface area contributed by atoms with E-state index in [2.05, 4.69) is 18.9 Å². The molecule has 0 aromatic carbocycles. The fourth-order valence-corrected chi connectivity index (χ4v) is 0.660. The summed E-state index contributed by atoms with van der Waals surface area (Å²) in [6, 6.07) is 0. The Morgan fingerprint density at radius 2 is 1.62 bits per heavy atom. The summed E-state index contributed by atoms with van der Waals surface area (Å²) in [5.74, 6) is 0. The lowest BCUT2D eigenvalue weighted by Crippen LogP contribution is -2.36. The molecular formula is C6H5F5O5. The van der Waals surface area contributed by atoms with Crippen LogP contribution in [0, 0.1) is 0 Å². The molecule has 0 saturated carbocycles. The van der Waals surface area contributed by atoms with Gasteiger partial charge < -0.3 is 18.9 Å². The summed E-state index contributed by atoms with van der Waals surface area (Å²) in [4.78, 5) is 9.67. The maximum absolute atomic E-state index is 11.7. The molecular weight excluding hydrogens is 247 g/mol. The maximum atomic E-state index is 11.7. The van der Waals surface area contributed by atoms with Crippen LogP contribution in [-0.4, -0.2) is 38.1 Å². The van der Waals surface area contributed by atoms with Gasteiger partial charge in [0.15, 0.2) is 6.79 Å². The minimum atomic E-state index is -4.84. The van der Waals surface area contributed by atoms with Crippen molar-refractivity contribution >= 4 is 6.16 Å². The molecule has 5 nitrogen and oxygen atoms in total. The van der Waals surface area contributed by atoms with Crippen LogP contribution < -0.4 is 0 Å². The topological polar surface area (TPSA) is 54.0 Å². The standard InChI is InChI=1S/C3F4O3.C3H5FO2/c4-2(5)3(6,7)10-1(8)9-2;4-3-1-5-2-6-3/h;3H,1-2H2. The molecule has 1 unspecified atom stereocenters. The van der Waals surface area contributed by atoms with Crippen LogP contribution in [0.3, 0.4) is 0 Å². The van der Waals surface area contributed by atoms with Crippen LogP contribution in [0.5, 0.6) is 0 Å². The monoisotopic (exact) mass is 252 g/mol. The Kier molecular flexibility index (Phi) is 3.53. The number of cyclic esters (lactones) is 2. The van der Waals surface area contributed by atoms with E-state index < -0.39 is 24.7 Å². The molecule has 94 valence electrons. The Balaban J connectivity index is 0.000000181. The second-order valence-electron chi connectivity index (χ2n) is 2.55. The Morgan fingerprint density at radius 3 is 1.75 bits per heavy atom. The predicted molar refractivity (Wildman–Crippen MR) is 34.3 cm³/mol. The maximum Gasteiger partial charge on any atom is 0.518 e. The summed E-state index contributed by atoms with van der Waals surface area (Å²) in [7, 11) is 0. The number of ether oxygens (including phenoxy) is 4. The van der Waals surface area contributed by atoms with Crippen LogP contribution in [0.15, 0.2) is 0 Å². The number of rotatable bonds is 0. The van der Waals surface area contributed by atoms with Gasteiger partial charge in [-0.05, 0) is 0 Å². The van der Waals surface area contributed by atoms with E-state index in [1.165, 1.54) is 0 Å². The summed E-state index contributed by atoms with van der Waals surface area (Å²) < 4.78 is 72.6. The van der Waals surface area contributed by atoms with Gasteiger partial charge in [0.1, 0.15) is 6.61 Å². The number of halogens is 5. The van der Waals surface area contributed by atoms with Crippen molar-refractivity contribution < 1.29 is 45.7 Å². The largest absolute Gasteiger partial charge is 0.518 e. The summed E-state index contributed by atoms with van der Waals surface area (Å²) in [5.41, 5.74) is 0. The Morgan fingerprint density at radius 1 is 1.12 bits per heavy atom. The molecule has 2 aliphatic rings. The van der Waals surface area contributed by atoms with Crippen LogP contribution in [0.25, 0.3) is 0 Å². The van der Waals surface area contributed by atoms with Crippen LogP contribution in [0.2, 0.25) is 0 Å². The van der Waals surface area contributed by atoms with Crippen molar-refractivity contribution in [3.05, 3.63) is 0 Å². The first-order valence-corrected chi connectivity index (χ1v) is 3.75. The summed E-state index contributed by atoms with van der Waals surface area (Å²) in [6.45, 7) is 0.209. The fourth-order valence-electron chi connectivity index (χ4n) is 0.660. The zero-order chi connectivity index (χ0) is 12.4. The van der Waals surface area contributed by atoms with E-state index in [-0.39, 0.29) is 13.4 Å². The summed E-state index contributed by atoms with van der Waals surface area (Å²) in [5, 5.41) is 0. The van der Waals surface area contributed by atoms with Gasteiger partial charge in [0.2, 0.25) is 6.36 Å². The van der Waals surface area contributed by atoms with Gasteiger partial charge in [-0.15, -0.1) is 0 Å². The first-order chi connectivity index (χ1) is 7.24. The van der Waals surface area contributed by atoms with Gasteiger partial charge in [0.05, 0.1) is 0 Å². The van der Waals surface area contributed by atoms with Crippen molar-refractivity contribution in [2.24, 2.45) is 0 Å². The van der Waals surface area contributed by atoms with Crippen LogP contribution in [0.4, 0.5) is 26.7 Å². The summed E-state index contributed by atoms with van der Waals surface area (Å²) in [6.07, 6.45) is -12.9. The van der Waals surface area contributed by atoms with Gasteiger partial charge >= 0.3 is 18.4 Å². The molecule has 1 atom stereocenters. The average Bonchev–Trinajstić information content (AvgIpc) is 2.59. The van der Waals surface area contributed by atoms with Gasteiger partial charge in [-0.2, -0.15) is 17.6 Å². The third-order valence-corrected chi connectivity index (χ3v) is 1.34. The van der Waals surface area contributed by atoms with Crippen LogP contribution in [0.1, 0.15) is 0 Å². The molecule has 0 bridgehead atoms. The van der Waals surface area contributed by atoms with Crippen LogP contribution in [-0.2, 0) is 18.9 Å². The van der Waals surface area contributed by atoms with Gasteiger partial charge in [0.25, 0.3) is 0 Å². The van der Waals surface area contributed by atoms with Gasteiger partial charge in [0, 0.05) is 0 Å². The Labute approximate surface area is 85.0 Å². The third kappa shape index (κ3) is 2.92. The Bertz CT molecular complexity index is 246. The van der Waals surface area contributed by atoms with E-state index in [1.54, 1.807) is 0 Å². The molecule has 0 aliphatic carbocycles. The highest BCUT2D eigenvalue weighted by Gasteiger charge is 2.70. The first-order valence-electron chi connectivity index (χ1n) is 3.75. The van der Waals surface area contributed by atoms with E-state index in [1.807, 2.05) is 0 Å². The van der Waals surface area contributed by atoms with Crippen LogP contribution >= 0.6 is 0 Å². The van der Waals surface area contributed by atoms with Crippen molar-refractivity contribution in [2.75, 3.05) is 13.4 Å². The van der Waals surface area contributed by atoms with E-state index in [0.29, 0.717) is 0 Å². The van der Waals surface area contributed by atoms with Gasteiger partial charge in [-0.25, -0.2) is 9.18 Å². The molecule has 2 heterocycles. The third-order valence-electron chi connectivity index (χ3n) is 1.34. The highest BCUT2D eigenvalue weighted by Crippen LogP contribution is 2.41. The highest BCUT2D eigenvalue weighted by molar-refractivity contribution is 5.62. The minimum absolute atomic E-state index is 0.0972. The molecule has 0 aromatic rings. The molecule has 0 radical (unpaired) electrons. The van der Waals surface area contributed by atoms with Gasteiger partial charge in [-0.1, -0.05) is 0 Å². The molecule has 2 rings (SSSR count). The smallest absolute Gasteiger partial charge is 0.360 e. The normalized spacial score (nSPS) is 30.1. The second kappa shape index (κ2) is 4.37. The second-order valence-corrected chi connectivity index (χ2v) is 2.55. The lowest BCUT2D eigenvalue weighted by Gasteiger charge is -2.09. The molecule has 0 amide bonds. The molecule has 0 N–H and O–H groups in total. The minimum Gasteiger partial charge on any atom is -0.360 e. The molecule has 2 saturated heterocycles. The Hall–Kier alpha value is -1.16. The predicted octanol–water partition coefficient (Wildman–Crippen LogP) is 1.63. The zero-order valence-electron chi connectivity index (χ0n) is 7.42. The van der Waals surface area contributed by atoms with Gasteiger partial charge in [-0.3, -0.25) is 0 Å². The lowest BCUT2D eigenvalue weighted by atomic mass is 10.6. The zero-order valence-corrected chi connectivity index (χ0v) is 7.42. The summed E-state index contributed by atoms with van der Waals surface area (Å²) >= 11 is 0. The molecule has 10 heteroatoms. The van der Waals surface area contributed by atoms with Crippen molar-refractivity contribution in [3.8, 4) is 0 Å².